The van der Waals surface area contributed by atoms with E-state index in [4.69, 9.17) is 11.6 Å². The molecule has 6 heteroatoms. The van der Waals surface area contributed by atoms with Crippen molar-refractivity contribution in [3.05, 3.63) is 47.2 Å². The number of piperidine rings is 1. The zero-order chi connectivity index (χ0) is 17.8. The van der Waals surface area contributed by atoms with Gasteiger partial charge in [0.1, 0.15) is 17.2 Å². The van der Waals surface area contributed by atoms with Crippen LogP contribution in [0.5, 0.6) is 0 Å². The van der Waals surface area contributed by atoms with Crippen molar-refractivity contribution in [3.63, 3.8) is 0 Å². The van der Waals surface area contributed by atoms with Gasteiger partial charge in [-0.1, -0.05) is 37.2 Å². The van der Waals surface area contributed by atoms with Crippen molar-refractivity contribution in [1.29, 1.82) is 0 Å². The second kappa shape index (κ2) is 8.19. The summed E-state index contributed by atoms with van der Waals surface area (Å²) in [4.78, 5) is 23.3. The molecule has 0 amide bonds. The van der Waals surface area contributed by atoms with Gasteiger partial charge in [-0.05, 0) is 42.5 Å². The molecule has 1 saturated heterocycles. The molecule has 1 fully saturated rings. The molecule has 2 aromatic rings. The summed E-state index contributed by atoms with van der Waals surface area (Å²) in [5.74, 6) is 2.71. The summed E-state index contributed by atoms with van der Waals surface area (Å²) in [6.07, 6.45) is 2.85. The summed E-state index contributed by atoms with van der Waals surface area (Å²) in [7, 11) is 0. The third kappa shape index (κ3) is 4.95. The Morgan fingerprint density at radius 2 is 1.88 bits per heavy atom. The first kappa shape index (κ1) is 18.2. The lowest BCUT2D eigenvalue weighted by molar-refractivity contribution is 0.102. The monoisotopic (exact) mass is 375 g/mol. The minimum atomic E-state index is 0.0713. The van der Waals surface area contributed by atoms with Crippen LogP contribution in [-0.4, -0.2) is 34.6 Å². The Morgan fingerprint density at radius 3 is 2.56 bits per heavy atom. The van der Waals surface area contributed by atoms with Crippen LogP contribution >= 0.6 is 23.4 Å². The number of benzene rings is 1. The topological polar surface area (TPSA) is 46.1 Å². The fourth-order valence-electron chi connectivity index (χ4n) is 3.29. The van der Waals surface area contributed by atoms with Crippen LogP contribution in [0.2, 0.25) is 5.02 Å². The fraction of sp³-hybridized carbons (Fsp3) is 0.421. The Bertz CT molecular complexity index is 728. The van der Waals surface area contributed by atoms with Gasteiger partial charge < -0.3 is 4.90 Å². The molecule has 0 spiro atoms. The van der Waals surface area contributed by atoms with E-state index in [9.17, 15) is 4.79 Å². The number of thioether (sulfide) groups is 1. The summed E-state index contributed by atoms with van der Waals surface area (Å²) in [6.45, 7) is 6.61. The Labute approximate surface area is 158 Å². The lowest BCUT2D eigenvalue weighted by Gasteiger charge is -2.35. The van der Waals surface area contributed by atoms with Crippen LogP contribution in [0.4, 0.5) is 5.82 Å². The predicted molar refractivity (Wildman–Crippen MR) is 104 cm³/mol. The van der Waals surface area contributed by atoms with E-state index in [1.807, 2.05) is 6.07 Å². The summed E-state index contributed by atoms with van der Waals surface area (Å²) in [5, 5.41) is 1.47. The number of hydrogen-bond acceptors (Lipinski definition) is 5. The molecule has 2 atom stereocenters. The number of hydrogen-bond donors (Lipinski definition) is 0. The molecule has 2 unspecified atom stereocenters. The highest BCUT2D eigenvalue weighted by molar-refractivity contribution is 7.99. The van der Waals surface area contributed by atoms with Gasteiger partial charge in [-0.25, -0.2) is 9.97 Å². The van der Waals surface area contributed by atoms with Gasteiger partial charge in [0.15, 0.2) is 5.78 Å². The van der Waals surface area contributed by atoms with Crippen LogP contribution in [0.15, 0.2) is 41.7 Å². The number of carbonyl (C=O) groups is 1. The molecule has 0 saturated carbocycles. The van der Waals surface area contributed by atoms with Gasteiger partial charge in [0.2, 0.25) is 0 Å². The second-order valence-electron chi connectivity index (χ2n) is 6.78. The van der Waals surface area contributed by atoms with Crippen LogP contribution in [0.3, 0.4) is 0 Å². The molecule has 25 heavy (non-hydrogen) atoms. The zero-order valence-corrected chi connectivity index (χ0v) is 16.1. The third-order valence-electron chi connectivity index (χ3n) is 4.34. The highest BCUT2D eigenvalue weighted by Gasteiger charge is 2.23. The number of halogens is 1. The highest BCUT2D eigenvalue weighted by Crippen LogP contribution is 2.27. The van der Waals surface area contributed by atoms with Gasteiger partial charge in [-0.3, -0.25) is 4.79 Å². The van der Waals surface area contributed by atoms with Crippen molar-refractivity contribution in [2.75, 3.05) is 23.7 Å². The molecule has 0 N–H and O–H groups in total. The van der Waals surface area contributed by atoms with Crippen molar-refractivity contribution in [1.82, 2.24) is 9.97 Å². The average Bonchev–Trinajstić information content (AvgIpc) is 2.60. The summed E-state index contributed by atoms with van der Waals surface area (Å²) in [6, 6.07) is 8.98. The number of nitrogens with zero attached hydrogens (tertiary/aromatic N) is 3. The molecule has 2 heterocycles. The van der Waals surface area contributed by atoms with Gasteiger partial charge in [0.25, 0.3) is 0 Å². The molecule has 1 aliphatic rings. The van der Waals surface area contributed by atoms with E-state index in [0.29, 0.717) is 28.2 Å². The Hall–Kier alpha value is -1.59. The van der Waals surface area contributed by atoms with Gasteiger partial charge in [0.05, 0.1) is 5.75 Å². The number of Topliss-reactive ketones (excluding diaryl/α,β-unsaturated/α-hetero) is 1. The number of ketones is 1. The van der Waals surface area contributed by atoms with Crippen molar-refractivity contribution < 1.29 is 4.79 Å². The van der Waals surface area contributed by atoms with E-state index < -0.39 is 0 Å². The van der Waals surface area contributed by atoms with Crippen LogP contribution < -0.4 is 4.90 Å². The maximum Gasteiger partial charge on any atom is 0.173 e. The number of aromatic nitrogens is 2. The Morgan fingerprint density at radius 1 is 1.20 bits per heavy atom. The minimum Gasteiger partial charge on any atom is -0.356 e. The molecule has 4 nitrogen and oxygen atoms in total. The molecule has 132 valence electrons. The normalized spacial score (nSPS) is 20.5. The second-order valence-corrected chi connectivity index (χ2v) is 8.22. The first-order chi connectivity index (χ1) is 12.0. The molecule has 0 radical (unpaired) electrons. The van der Waals surface area contributed by atoms with Crippen LogP contribution in [0.25, 0.3) is 0 Å². The maximum absolute atomic E-state index is 12.3. The maximum atomic E-state index is 12.3. The summed E-state index contributed by atoms with van der Waals surface area (Å²) in [5.41, 5.74) is 0.671. The molecule has 1 aromatic carbocycles. The Balaban J connectivity index is 1.63. The number of anilines is 1. The molecular weight excluding hydrogens is 354 g/mol. The molecule has 3 rings (SSSR count). The van der Waals surface area contributed by atoms with Crippen molar-refractivity contribution in [3.8, 4) is 0 Å². The molecule has 1 aliphatic heterocycles. The highest BCUT2D eigenvalue weighted by atomic mass is 35.5. The van der Waals surface area contributed by atoms with Gasteiger partial charge in [-0.2, -0.15) is 0 Å². The van der Waals surface area contributed by atoms with Crippen LogP contribution in [-0.2, 0) is 0 Å². The quantitative estimate of drug-likeness (QED) is 0.434. The van der Waals surface area contributed by atoms with E-state index >= 15 is 0 Å². The van der Waals surface area contributed by atoms with Gasteiger partial charge in [0, 0.05) is 29.7 Å². The van der Waals surface area contributed by atoms with Crippen LogP contribution in [0.1, 0.15) is 30.6 Å². The first-order valence-electron chi connectivity index (χ1n) is 8.50. The SMILES string of the molecule is CC1CC(C)CN(c2cc(SCC(=O)c3ccc(Cl)cc3)ncn2)C1. The van der Waals surface area contributed by atoms with E-state index in [1.165, 1.54) is 18.2 Å². The number of rotatable bonds is 5. The largest absolute Gasteiger partial charge is 0.356 e. The third-order valence-corrected chi connectivity index (χ3v) is 5.52. The van der Waals surface area contributed by atoms with E-state index in [0.717, 1.165) is 23.9 Å². The molecular formula is C19H22ClN3OS. The zero-order valence-electron chi connectivity index (χ0n) is 14.5. The van der Waals surface area contributed by atoms with E-state index in [-0.39, 0.29) is 5.78 Å². The Kier molecular flexibility index (Phi) is 5.97. The first-order valence-corrected chi connectivity index (χ1v) is 9.86. The van der Waals surface area contributed by atoms with Gasteiger partial charge >= 0.3 is 0 Å². The lowest BCUT2D eigenvalue weighted by Crippen LogP contribution is -2.39. The average molecular weight is 376 g/mol. The van der Waals surface area contributed by atoms with Crippen molar-refractivity contribution in [2.24, 2.45) is 11.8 Å². The lowest BCUT2D eigenvalue weighted by atomic mass is 9.92. The van der Waals surface area contributed by atoms with Crippen LogP contribution in [0, 0.1) is 11.8 Å². The smallest absolute Gasteiger partial charge is 0.173 e. The molecule has 1 aromatic heterocycles. The van der Waals surface area contributed by atoms with Gasteiger partial charge in [-0.15, -0.1) is 0 Å². The standard InChI is InChI=1S/C19H22ClN3OS/c1-13-7-14(2)10-23(9-13)18-8-19(22-12-21-18)25-11-17(24)15-3-5-16(20)6-4-15/h3-6,8,12-14H,7,9-11H2,1-2H3. The number of carbonyl (C=O) groups excluding carboxylic acids is 1. The molecule has 0 aliphatic carbocycles. The predicted octanol–water partition coefficient (Wildman–Crippen LogP) is 4.59. The van der Waals surface area contributed by atoms with E-state index in [2.05, 4.69) is 28.7 Å². The fourth-order valence-corrected chi connectivity index (χ4v) is 4.17. The van der Waals surface area contributed by atoms with Crippen molar-refractivity contribution >= 4 is 35.0 Å². The minimum absolute atomic E-state index is 0.0713. The van der Waals surface area contributed by atoms with Crippen molar-refractivity contribution in [2.45, 2.75) is 25.3 Å². The molecule has 0 bridgehead atoms. The summed E-state index contributed by atoms with van der Waals surface area (Å²) >= 11 is 7.31. The van der Waals surface area contributed by atoms with E-state index in [1.54, 1.807) is 30.6 Å². The summed E-state index contributed by atoms with van der Waals surface area (Å²) < 4.78 is 0.